The molecule has 1 unspecified atom stereocenters. The van der Waals surface area contributed by atoms with Crippen LogP contribution < -0.4 is 5.32 Å². The van der Waals surface area contributed by atoms with Crippen molar-refractivity contribution in [3.8, 4) is 5.82 Å². The van der Waals surface area contributed by atoms with Crippen molar-refractivity contribution in [2.24, 2.45) is 0 Å². The van der Waals surface area contributed by atoms with Gasteiger partial charge in [0, 0.05) is 30.1 Å². The van der Waals surface area contributed by atoms with E-state index >= 15 is 0 Å². The van der Waals surface area contributed by atoms with Gasteiger partial charge in [-0.25, -0.2) is 14.6 Å². The molecule has 5 heteroatoms. The van der Waals surface area contributed by atoms with Gasteiger partial charge >= 0.3 is 0 Å². The van der Waals surface area contributed by atoms with Gasteiger partial charge in [-0.05, 0) is 26.8 Å². The van der Waals surface area contributed by atoms with Crippen molar-refractivity contribution in [1.29, 1.82) is 0 Å². The van der Waals surface area contributed by atoms with Crippen LogP contribution in [-0.4, -0.2) is 33.3 Å². The SMILES string of the molecule is CNCC(C)c1c(C)nn(-c2ccncn2)c1C. The predicted octanol–water partition coefficient (Wildman–Crippen LogP) is 1.60. The summed E-state index contributed by atoms with van der Waals surface area (Å²) in [6.45, 7) is 7.28. The Morgan fingerprint density at radius 2 is 2.17 bits per heavy atom. The number of rotatable bonds is 4. The lowest BCUT2D eigenvalue weighted by Gasteiger charge is -2.11. The highest BCUT2D eigenvalue weighted by Gasteiger charge is 2.18. The van der Waals surface area contributed by atoms with Crippen LogP contribution in [0.2, 0.25) is 0 Å². The Morgan fingerprint density at radius 1 is 1.39 bits per heavy atom. The van der Waals surface area contributed by atoms with Crippen LogP contribution in [0.1, 0.15) is 29.8 Å². The molecule has 2 rings (SSSR count). The molecule has 0 saturated carbocycles. The Bertz CT molecular complexity index is 518. The van der Waals surface area contributed by atoms with Crippen LogP contribution in [0, 0.1) is 13.8 Å². The van der Waals surface area contributed by atoms with Crippen LogP contribution >= 0.6 is 0 Å². The highest BCUT2D eigenvalue weighted by Crippen LogP contribution is 2.24. The number of aryl methyl sites for hydroxylation is 1. The summed E-state index contributed by atoms with van der Waals surface area (Å²) in [4.78, 5) is 8.18. The summed E-state index contributed by atoms with van der Waals surface area (Å²) >= 11 is 0. The van der Waals surface area contributed by atoms with Gasteiger partial charge in [-0.2, -0.15) is 5.10 Å². The number of likely N-dealkylation sites (N-methyl/N-ethyl adjacent to an activating group) is 1. The lowest BCUT2D eigenvalue weighted by molar-refractivity contribution is 0.670. The minimum absolute atomic E-state index is 0.436. The summed E-state index contributed by atoms with van der Waals surface area (Å²) in [5.41, 5.74) is 3.51. The van der Waals surface area contributed by atoms with Gasteiger partial charge in [0.05, 0.1) is 5.69 Å². The molecule has 0 aromatic carbocycles. The zero-order valence-corrected chi connectivity index (χ0v) is 11.3. The van der Waals surface area contributed by atoms with Gasteiger partial charge in [-0.3, -0.25) is 0 Å². The zero-order valence-electron chi connectivity index (χ0n) is 11.3. The summed E-state index contributed by atoms with van der Waals surface area (Å²) in [7, 11) is 1.97. The fraction of sp³-hybridized carbons (Fsp3) is 0.462. The molecular weight excluding hydrogens is 226 g/mol. The van der Waals surface area contributed by atoms with Crippen molar-refractivity contribution in [1.82, 2.24) is 25.1 Å². The smallest absolute Gasteiger partial charge is 0.156 e. The fourth-order valence-electron chi connectivity index (χ4n) is 2.41. The van der Waals surface area contributed by atoms with Crippen LogP contribution in [0.4, 0.5) is 0 Å². The van der Waals surface area contributed by atoms with E-state index in [2.05, 4.69) is 34.2 Å². The Hall–Kier alpha value is -1.75. The Morgan fingerprint density at radius 3 is 2.78 bits per heavy atom. The second kappa shape index (κ2) is 5.27. The van der Waals surface area contributed by atoms with E-state index in [9.17, 15) is 0 Å². The normalized spacial score (nSPS) is 12.7. The van der Waals surface area contributed by atoms with Crippen LogP contribution in [-0.2, 0) is 0 Å². The van der Waals surface area contributed by atoms with Gasteiger partial charge in [-0.1, -0.05) is 6.92 Å². The molecule has 0 saturated heterocycles. The zero-order chi connectivity index (χ0) is 13.1. The maximum Gasteiger partial charge on any atom is 0.156 e. The van der Waals surface area contributed by atoms with E-state index in [1.807, 2.05) is 24.7 Å². The van der Waals surface area contributed by atoms with Crippen molar-refractivity contribution in [2.45, 2.75) is 26.7 Å². The molecule has 0 bridgehead atoms. The van der Waals surface area contributed by atoms with Crippen molar-refractivity contribution in [3.63, 3.8) is 0 Å². The largest absolute Gasteiger partial charge is 0.319 e. The number of aromatic nitrogens is 4. The molecule has 2 heterocycles. The van der Waals surface area contributed by atoms with Crippen LogP contribution in [0.5, 0.6) is 0 Å². The average Bonchev–Trinajstić information content (AvgIpc) is 2.66. The average molecular weight is 245 g/mol. The van der Waals surface area contributed by atoms with Crippen LogP contribution in [0.25, 0.3) is 5.82 Å². The first kappa shape index (κ1) is 12.7. The summed E-state index contributed by atoms with van der Waals surface area (Å²) in [6.07, 6.45) is 3.28. The topological polar surface area (TPSA) is 55.6 Å². The number of nitrogens with one attached hydrogen (secondary N) is 1. The lowest BCUT2D eigenvalue weighted by atomic mass is 9.99. The second-order valence-electron chi connectivity index (χ2n) is 4.52. The third-order valence-electron chi connectivity index (χ3n) is 3.13. The van der Waals surface area contributed by atoms with Crippen molar-refractivity contribution < 1.29 is 0 Å². The summed E-state index contributed by atoms with van der Waals surface area (Å²) in [5, 5.41) is 7.79. The minimum atomic E-state index is 0.436. The summed E-state index contributed by atoms with van der Waals surface area (Å²) in [5.74, 6) is 1.25. The van der Waals surface area contributed by atoms with Gasteiger partial charge in [0.1, 0.15) is 6.33 Å². The molecule has 2 aromatic heterocycles. The van der Waals surface area contributed by atoms with E-state index < -0.39 is 0 Å². The summed E-state index contributed by atoms with van der Waals surface area (Å²) < 4.78 is 1.89. The van der Waals surface area contributed by atoms with Crippen molar-refractivity contribution in [2.75, 3.05) is 13.6 Å². The summed E-state index contributed by atoms with van der Waals surface area (Å²) in [6, 6.07) is 1.87. The minimum Gasteiger partial charge on any atom is -0.319 e. The van der Waals surface area contributed by atoms with Gasteiger partial charge in [0.15, 0.2) is 5.82 Å². The second-order valence-corrected chi connectivity index (χ2v) is 4.52. The standard InChI is InChI=1S/C13H19N5/c1-9(7-14-4)13-10(2)17-18(11(13)3)12-5-6-15-8-16-12/h5-6,8-9,14H,7H2,1-4H3. The molecular formula is C13H19N5. The Kier molecular flexibility index (Phi) is 3.72. The number of hydrogen-bond donors (Lipinski definition) is 1. The first-order chi connectivity index (χ1) is 8.65. The maximum absolute atomic E-state index is 4.58. The molecule has 0 radical (unpaired) electrons. The molecule has 0 fully saturated rings. The molecule has 1 N–H and O–H groups in total. The highest BCUT2D eigenvalue weighted by atomic mass is 15.3. The first-order valence-corrected chi connectivity index (χ1v) is 6.12. The Labute approximate surface area is 107 Å². The third-order valence-corrected chi connectivity index (χ3v) is 3.13. The van der Waals surface area contributed by atoms with E-state index in [0.717, 1.165) is 23.8 Å². The van der Waals surface area contributed by atoms with Gasteiger partial charge in [0.25, 0.3) is 0 Å². The third kappa shape index (κ3) is 2.26. The van der Waals surface area contributed by atoms with Crippen LogP contribution in [0.3, 0.4) is 0 Å². The maximum atomic E-state index is 4.58. The first-order valence-electron chi connectivity index (χ1n) is 6.12. The molecule has 0 amide bonds. The van der Waals surface area contributed by atoms with Gasteiger partial charge < -0.3 is 5.32 Å². The number of hydrogen-bond acceptors (Lipinski definition) is 4. The van der Waals surface area contributed by atoms with Crippen molar-refractivity contribution >= 4 is 0 Å². The van der Waals surface area contributed by atoms with Gasteiger partial charge in [0.2, 0.25) is 0 Å². The molecule has 2 aromatic rings. The fourth-order valence-corrected chi connectivity index (χ4v) is 2.41. The molecule has 96 valence electrons. The highest BCUT2D eigenvalue weighted by molar-refractivity contribution is 5.34. The molecule has 0 aliphatic carbocycles. The van der Waals surface area contributed by atoms with E-state index in [-0.39, 0.29) is 0 Å². The van der Waals surface area contributed by atoms with Crippen LogP contribution in [0.15, 0.2) is 18.6 Å². The molecule has 1 atom stereocenters. The molecule has 0 aliphatic heterocycles. The molecule has 5 nitrogen and oxygen atoms in total. The van der Waals surface area contributed by atoms with E-state index in [1.165, 1.54) is 5.56 Å². The van der Waals surface area contributed by atoms with E-state index in [0.29, 0.717) is 5.92 Å². The monoisotopic (exact) mass is 245 g/mol. The van der Waals surface area contributed by atoms with E-state index in [4.69, 9.17) is 0 Å². The molecule has 18 heavy (non-hydrogen) atoms. The Balaban J connectivity index is 2.44. The number of nitrogens with zero attached hydrogens (tertiary/aromatic N) is 4. The predicted molar refractivity (Wildman–Crippen MR) is 71.0 cm³/mol. The molecule has 0 aliphatic rings. The van der Waals surface area contributed by atoms with Gasteiger partial charge in [-0.15, -0.1) is 0 Å². The quantitative estimate of drug-likeness (QED) is 0.889. The van der Waals surface area contributed by atoms with Crippen molar-refractivity contribution in [3.05, 3.63) is 35.5 Å². The molecule has 0 spiro atoms. The lowest BCUT2D eigenvalue weighted by Crippen LogP contribution is -2.15. The van der Waals surface area contributed by atoms with E-state index in [1.54, 1.807) is 12.5 Å².